The van der Waals surface area contributed by atoms with Crippen LogP contribution in [0.25, 0.3) is 131 Å². The van der Waals surface area contributed by atoms with Gasteiger partial charge >= 0.3 is 0 Å². The summed E-state index contributed by atoms with van der Waals surface area (Å²) in [4.78, 5) is 5.24. The van der Waals surface area contributed by atoms with Crippen molar-refractivity contribution >= 4 is 86.4 Å². The van der Waals surface area contributed by atoms with Gasteiger partial charge in [0.15, 0.2) is 0 Å². The van der Waals surface area contributed by atoms with Gasteiger partial charge in [-0.2, -0.15) is 0 Å². The second kappa shape index (κ2) is 13.7. The topological polar surface area (TPSA) is 12.9 Å². The van der Waals surface area contributed by atoms with Gasteiger partial charge in [-0.05, 0) is 146 Å². The zero-order chi connectivity index (χ0) is 40.7. The number of fused-ring (bicyclic) bond motifs is 11. The average molecular weight is 784 g/mol. The third kappa shape index (κ3) is 5.45. The first-order chi connectivity index (χ1) is 30.7. The molecule has 0 saturated carbocycles. The van der Waals surface area contributed by atoms with E-state index < -0.39 is 0 Å². The molecule has 0 aliphatic heterocycles. The van der Waals surface area contributed by atoms with Crippen LogP contribution in [0.15, 0.2) is 224 Å². The number of aromatic nitrogens is 1. The Balaban J connectivity index is 1.02. The molecule has 0 atom stereocenters. The summed E-state index contributed by atoms with van der Waals surface area (Å²) in [6, 6.07) is 82.8. The Morgan fingerprint density at radius 3 is 1.31 bits per heavy atom. The Labute approximate surface area is 358 Å². The summed E-state index contributed by atoms with van der Waals surface area (Å²) in [6.07, 6.45) is 0. The van der Waals surface area contributed by atoms with E-state index in [0.717, 1.165) is 16.4 Å². The molecule has 0 fully saturated rings. The van der Waals surface area contributed by atoms with Crippen LogP contribution in [0.4, 0.5) is 0 Å². The van der Waals surface area contributed by atoms with E-state index in [0.29, 0.717) is 0 Å². The molecular formula is C61H37N. The molecule has 0 saturated heterocycles. The second-order valence-electron chi connectivity index (χ2n) is 16.6. The van der Waals surface area contributed by atoms with Crippen LogP contribution in [0.5, 0.6) is 0 Å². The first-order valence-electron chi connectivity index (χ1n) is 21.4. The van der Waals surface area contributed by atoms with E-state index in [1.54, 1.807) is 0 Å². The fourth-order valence-corrected chi connectivity index (χ4v) is 10.2. The number of hydrogen-bond acceptors (Lipinski definition) is 1. The summed E-state index contributed by atoms with van der Waals surface area (Å²) in [5.41, 5.74) is 11.8. The summed E-state index contributed by atoms with van der Waals surface area (Å²) in [5.74, 6) is 0. The van der Waals surface area contributed by atoms with Crippen LogP contribution >= 0.6 is 0 Å². The quantitative estimate of drug-likeness (QED) is 0.128. The smallest absolute Gasteiger partial charge is 0.0794 e. The Morgan fingerprint density at radius 2 is 0.661 bits per heavy atom. The summed E-state index contributed by atoms with van der Waals surface area (Å²) < 4.78 is 0. The third-order valence-corrected chi connectivity index (χ3v) is 13.1. The van der Waals surface area contributed by atoms with Crippen molar-refractivity contribution in [3.05, 3.63) is 224 Å². The molecule has 0 spiro atoms. The first kappa shape index (κ1) is 34.7. The minimum atomic E-state index is 1.02. The molecular weight excluding hydrogens is 747 g/mol. The Morgan fingerprint density at radius 1 is 0.210 bits per heavy atom. The van der Waals surface area contributed by atoms with Gasteiger partial charge in [-0.15, -0.1) is 0 Å². The first-order valence-corrected chi connectivity index (χ1v) is 21.4. The predicted octanol–water partition coefficient (Wildman–Crippen LogP) is 17.0. The number of benzene rings is 12. The number of para-hydroxylation sites is 1. The van der Waals surface area contributed by atoms with Crippen molar-refractivity contribution in [3.8, 4) is 44.5 Å². The Hall–Kier alpha value is -8.13. The van der Waals surface area contributed by atoms with E-state index in [2.05, 4.69) is 224 Å². The zero-order valence-corrected chi connectivity index (χ0v) is 33.8. The largest absolute Gasteiger partial charge is 0.247 e. The molecule has 1 nitrogen and oxygen atoms in total. The lowest BCUT2D eigenvalue weighted by Crippen LogP contribution is -1.92. The number of rotatable bonds is 4. The van der Waals surface area contributed by atoms with Gasteiger partial charge in [0, 0.05) is 16.2 Å². The van der Waals surface area contributed by atoms with Crippen molar-refractivity contribution < 1.29 is 0 Å². The van der Waals surface area contributed by atoms with Gasteiger partial charge in [-0.3, -0.25) is 0 Å². The maximum absolute atomic E-state index is 5.24. The highest BCUT2D eigenvalue weighted by atomic mass is 14.7. The lowest BCUT2D eigenvalue weighted by Gasteiger charge is -2.19. The van der Waals surface area contributed by atoms with Crippen LogP contribution in [0.2, 0.25) is 0 Å². The molecule has 12 aromatic carbocycles. The van der Waals surface area contributed by atoms with Crippen molar-refractivity contribution in [1.29, 1.82) is 0 Å². The minimum absolute atomic E-state index is 1.02. The highest BCUT2D eigenvalue weighted by molar-refractivity contribution is 6.26. The SMILES string of the molecule is c1cc(-c2ccc3c(-c4ccc5ccccc5c4)c4ccccc4c(-c4ccc5ccccc5c4)c3c2)cc(-c2ccc3c(c2)c2ccccc2c2cc4ccccc4nc32)c1. The summed E-state index contributed by atoms with van der Waals surface area (Å²) in [5, 5.41) is 17.2. The molecule has 1 heterocycles. The van der Waals surface area contributed by atoms with Gasteiger partial charge in [-0.25, -0.2) is 4.98 Å². The van der Waals surface area contributed by atoms with Crippen molar-refractivity contribution in [3.63, 3.8) is 0 Å². The van der Waals surface area contributed by atoms with Crippen LogP contribution in [0.3, 0.4) is 0 Å². The molecule has 0 radical (unpaired) electrons. The number of pyridine rings is 1. The summed E-state index contributed by atoms with van der Waals surface area (Å²) >= 11 is 0. The van der Waals surface area contributed by atoms with Crippen LogP contribution in [-0.2, 0) is 0 Å². The van der Waals surface area contributed by atoms with Gasteiger partial charge in [0.2, 0.25) is 0 Å². The average Bonchev–Trinajstić information content (AvgIpc) is 3.34. The predicted molar refractivity (Wildman–Crippen MR) is 266 cm³/mol. The number of hydrogen-bond donors (Lipinski definition) is 0. The standard InChI is InChI=1S/C61H37N/c1-3-14-40-33-47(26-24-38(40)12-1)59-51-21-8-9-22-52(51)60(48-27-25-39-13-2-4-15-41(39)34-48)56-36-45(28-30-53(56)59)43-18-11-17-42(32-43)44-29-31-54-55(35-44)49-19-6-7-20-50(49)57-37-46-16-5-10-23-58(46)62-61(54)57/h1-37H. The van der Waals surface area contributed by atoms with Crippen LogP contribution in [-0.4, -0.2) is 4.98 Å². The summed E-state index contributed by atoms with van der Waals surface area (Å²) in [6.45, 7) is 0. The second-order valence-corrected chi connectivity index (χ2v) is 16.6. The third-order valence-electron chi connectivity index (χ3n) is 13.1. The highest BCUT2D eigenvalue weighted by Gasteiger charge is 2.19. The van der Waals surface area contributed by atoms with E-state index in [1.807, 2.05) is 0 Å². The van der Waals surface area contributed by atoms with E-state index in [4.69, 9.17) is 4.98 Å². The van der Waals surface area contributed by atoms with E-state index >= 15 is 0 Å². The maximum Gasteiger partial charge on any atom is 0.0794 e. The highest BCUT2D eigenvalue weighted by Crippen LogP contribution is 2.46. The summed E-state index contributed by atoms with van der Waals surface area (Å²) in [7, 11) is 0. The van der Waals surface area contributed by atoms with Gasteiger partial charge in [0.1, 0.15) is 0 Å². The molecule has 0 aliphatic rings. The van der Waals surface area contributed by atoms with Crippen LogP contribution < -0.4 is 0 Å². The van der Waals surface area contributed by atoms with Crippen LogP contribution in [0, 0.1) is 0 Å². The molecule has 0 N–H and O–H groups in total. The van der Waals surface area contributed by atoms with Crippen molar-refractivity contribution in [2.75, 3.05) is 0 Å². The monoisotopic (exact) mass is 783 g/mol. The van der Waals surface area contributed by atoms with Gasteiger partial charge in [0.25, 0.3) is 0 Å². The molecule has 62 heavy (non-hydrogen) atoms. The lowest BCUT2D eigenvalue weighted by atomic mass is 9.84. The van der Waals surface area contributed by atoms with Crippen molar-refractivity contribution in [2.45, 2.75) is 0 Å². The molecule has 1 aromatic heterocycles. The van der Waals surface area contributed by atoms with Gasteiger partial charge < -0.3 is 0 Å². The van der Waals surface area contributed by atoms with Crippen LogP contribution in [0.1, 0.15) is 0 Å². The fourth-order valence-electron chi connectivity index (χ4n) is 10.2. The van der Waals surface area contributed by atoms with E-state index in [1.165, 1.54) is 115 Å². The number of nitrogens with zero attached hydrogens (tertiary/aromatic N) is 1. The molecule has 13 rings (SSSR count). The molecule has 0 amide bonds. The lowest BCUT2D eigenvalue weighted by molar-refractivity contribution is 1.52. The molecule has 286 valence electrons. The van der Waals surface area contributed by atoms with Gasteiger partial charge in [0.05, 0.1) is 11.0 Å². The van der Waals surface area contributed by atoms with E-state index in [9.17, 15) is 0 Å². The molecule has 0 aliphatic carbocycles. The molecule has 0 unspecified atom stereocenters. The van der Waals surface area contributed by atoms with Gasteiger partial charge in [-0.1, -0.05) is 182 Å². The van der Waals surface area contributed by atoms with Crippen molar-refractivity contribution in [1.82, 2.24) is 4.98 Å². The fraction of sp³-hybridized carbons (Fsp3) is 0. The van der Waals surface area contributed by atoms with Crippen molar-refractivity contribution in [2.24, 2.45) is 0 Å². The maximum atomic E-state index is 5.24. The molecule has 13 aromatic rings. The normalized spacial score (nSPS) is 11.9. The zero-order valence-electron chi connectivity index (χ0n) is 33.8. The molecule has 1 heteroatoms. The van der Waals surface area contributed by atoms with E-state index in [-0.39, 0.29) is 0 Å². The Kier molecular flexibility index (Phi) is 7.67. The Bertz CT molecular complexity index is 3990. The minimum Gasteiger partial charge on any atom is -0.247 e. The molecule has 0 bridgehead atoms.